The van der Waals surface area contributed by atoms with Gasteiger partial charge in [-0.1, -0.05) is 30.3 Å². The summed E-state index contributed by atoms with van der Waals surface area (Å²) in [5, 5.41) is 9.22. The molecule has 0 radical (unpaired) electrons. The summed E-state index contributed by atoms with van der Waals surface area (Å²) >= 11 is 0. The first-order chi connectivity index (χ1) is 11.3. The first kappa shape index (κ1) is 13.8. The van der Waals surface area contributed by atoms with Gasteiger partial charge in [0.05, 0.1) is 19.1 Å². The van der Waals surface area contributed by atoms with Gasteiger partial charge in [0, 0.05) is 5.56 Å². The highest BCUT2D eigenvalue weighted by Crippen LogP contribution is 2.39. The van der Waals surface area contributed by atoms with E-state index >= 15 is 0 Å². The van der Waals surface area contributed by atoms with Crippen LogP contribution in [-0.2, 0) is 4.79 Å². The summed E-state index contributed by atoms with van der Waals surface area (Å²) in [6.45, 7) is 2.52. The van der Waals surface area contributed by atoms with Gasteiger partial charge in [0.15, 0.2) is 0 Å². The van der Waals surface area contributed by atoms with Crippen LogP contribution in [0.15, 0.2) is 42.7 Å². The highest BCUT2D eigenvalue weighted by molar-refractivity contribution is 5.93. The Morgan fingerprint density at radius 2 is 2.17 bits per heavy atom. The Morgan fingerprint density at radius 3 is 3.04 bits per heavy atom. The maximum absolute atomic E-state index is 12.1. The number of nitrogens with one attached hydrogen (secondary N) is 1. The summed E-state index contributed by atoms with van der Waals surface area (Å²) in [5.74, 6) is 1.19. The fourth-order valence-electron chi connectivity index (χ4n) is 3.13. The zero-order valence-corrected chi connectivity index (χ0v) is 12.7. The second-order valence-electron chi connectivity index (χ2n) is 5.43. The molecule has 2 heterocycles. The van der Waals surface area contributed by atoms with Gasteiger partial charge in [0.2, 0.25) is 11.9 Å². The van der Waals surface area contributed by atoms with Gasteiger partial charge < -0.3 is 4.74 Å². The minimum absolute atomic E-state index is 0.0640. The standard InChI is InChI=1S/C17H16N4O2/c1-2-23-14-8-7-11-5-3-4-6-12(11)16(14)13-9-15(22)20-17-18-10-19-21(13)17/h3-8,10,13H,2,9H2,1H3,(H,18,19,20,22)/t13-/m0/s1. The van der Waals surface area contributed by atoms with Crippen molar-refractivity contribution in [2.24, 2.45) is 0 Å². The first-order valence-electron chi connectivity index (χ1n) is 7.61. The van der Waals surface area contributed by atoms with Crippen LogP contribution in [0.2, 0.25) is 0 Å². The third kappa shape index (κ3) is 2.23. The molecule has 0 saturated carbocycles. The molecule has 6 heteroatoms. The normalized spacial score (nSPS) is 16.9. The molecule has 3 aromatic rings. The van der Waals surface area contributed by atoms with Crippen molar-refractivity contribution in [2.45, 2.75) is 19.4 Å². The molecule has 0 spiro atoms. The number of carbonyl (C=O) groups excluding carboxylic acids is 1. The number of hydrogen-bond acceptors (Lipinski definition) is 4. The summed E-state index contributed by atoms with van der Waals surface area (Å²) in [5.41, 5.74) is 0.978. The van der Waals surface area contributed by atoms with Crippen LogP contribution in [0.25, 0.3) is 10.8 Å². The van der Waals surface area contributed by atoms with Crippen molar-refractivity contribution in [3.63, 3.8) is 0 Å². The topological polar surface area (TPSA) is 69.0 Å². The smallest absolute Gasteiger partial charge is 0.229 e. The lowest BCUT2D eigenvalue weighted by Crippen LogP contribution is -2.29. The van der Waals surface area contributed by atoms with E-state index in [0.29, 0.717) is 19.0 Å². The maximum Gasteiger partial charge on any atom is 0.229 e. The van der Waals surface area contributed by atoms with Crippen molar-refractivity contribution in [1.82, 2.24) is 14.8 Å². The average Bonchev–Trinajstić information content (AvgIpc) is 3.02. The van der Waals surface area contributed by atoms with Crippen molar-refractivity contribution in [1.29, 1.82) is 0 Å². The van der Waals surface area contributed by atoms with E-state index in [1.165, 1.54) is 6.33 Å². The summed E-state index contributed by atoms with van der Waals surface area (Å²) in [6, 6.07) is 11.9. The number of amides is 1. The minimum atomic E-state index is -0.228. The molecule has 2 aromatic carbocycles. The predicted octanol–water partition coefficient (Wildman–Crippen LogP) is 2.76. The number of rotatable bonds is 3. The fraction of sp³-hybridized carbons (Fsp3) is 0.235. The average molecular weight is 308 g/mol. The number of carbonyl (C=O) groups is 1. The molecule has 23 heavy (non-hydrogen) atoms. The molecular weight excluding hydrogens is 292 g/mol. The van der Waals surface area contributed by atoms with E-state index in [-0.39, 0.29) is 11.9 Å². The zero-order chi connectivity index (χ0) is 15.8. The van der Waals surface area contributed by atoms with Crippen LogP contribution in [0.3, 0.4) is 0 Å². The molecule has 116 valence electrons. The highest BCUT2D eigenvalue weighted by Gasteiger charge is 2.31. The molecule has 1 amide bonds. The van der Waals surface area contributed by atoms with Crippen molar-refractivity contribution in [3.8, 4) is 5.75 Å². The van der Waals surface area contributed by atoms with Gasteiger partial charge in [-0.25, -0.2) is 4.68 Å². The Kier molecular flexibility index (Phi) is 3.22. The van der Waals surface area contributed by atoms with Crippen molar-refractivity contribution >= 4 is 22.6 Å². The highest BCUT2D eigenvalue weighted by atomic mass is 16.5. The largest absolute Gasteiger partial charge is 0.493 e. The van der Waals surface area contributed by atoms with E-state index in [4.69, 9.17) is 4.74 Å². The molecule has 1 aromatic heterocycles. The minimum Gasteiger partial charge on any atom is -0.493 e. The van der Waals surface area contributed by atoms with E-state index in [9.17, 15) is 4.79 Å². The van der Waals surface area contributed by atoms with Gasteiger partial charge in [0.25, 0.3) is 0 Å². The van der Waals surface area contributed by atoms with Crippen LogP contribution in [0.5, 0.6) is 5.75 Å². The molecule has 1 aliphatic rings. The molecule has 1 aliphatic heterocycles. The van der Waals surface area contributed by atoms with Crippen LogP contribution in [-0.4, -0.2) is 27.3 Å². The number of benzene rings is 2. The predicted molar refractivity (Wildman–Crippen MR) is 86.5 cm³/mol. The second-order valence-corrected chi connectivity index (χ2v) is 5.43. The van der Waals surface area contributed by atoms with Crippen molar-refractivity contribution < 1.29 is 9.53 Å². The molecular formula is C17H16N4O2. The van der Waals surface area contributed by atoms with E-state index < -0.39 is 0 Å². The summed E-state index contributed by atoms with van der Waals surface area (Å²) in [6.07, 6.45) is 1.77. The van der Waals surface area contributed by atoms with Crippen LogP contribution >= 0.6 is 0 Å². The van der Waals surface area contributed by atoms with Gasteiger partial charge in [-0.3, -0.25) is 10.1 Å². The number of hydrogen-bond donors (Lipinski definition) is 1. The summed E-state index contributed by atoms with van der Waals surface area (Å²) in [7, 11) is 0. The first-order valence-corrected chi connectivity index (χ1v) is 7.61. The lowest BCUT2D eigenvalue weighted by molar-refractivity contribution is -0.117. The number of fused-ring (bicyclic) bond motifs is 2. The second kappa shape index (κ2) is 5.39. The molecule has 6 nitrogen and oxygen atoms in total. The van der Waals surface area contributed by atoms with Gasteiger partial charge in [0.1, 0.15) is 12.1 Å². The molecule has 0 saturated heterocycles. The lowest BCUT2D eigenvalue weighted by atomic mass is 9.94. The van der Waals surface area contributed by atoms with Gasteiger partial charge >= 0.3 is 0 Å². The van der Waals surface area contributed by atoms with Crippen LogP contribution < -0.4 is 10.1 Å². The van der Waals surface area contributed by atoms with E-state index in [1.807, 2.05) is 31.2 Å². The molecule has 1 atom stereocenters. The van der Waals surface area contributed by atoms with Crippen LogP contribution in [0, 0.1) is 0 Å². The third-order valence-electron chi connectivity index (χ3n) is 4.06. The number of anilines is 1. The van der Waals surface area contributed by atoms with Gasteiger partial charge in [-0.2, -0.15) is 10.1 Å². The van der Waals surface area contributed by atoms with Crippen molar-refractivity contribution in [2.75, 3.05) is 11.9 Å². The molecule has 0 bridgehead atoms. The van der Waals surface area contributed by atoms with Crippen LogP contribution in [0.4, 0.5) is 5.95 Å². The van der Waals surface area contributed by atoms with E-state index in [1.54, 1.807) is 4.68 Å². The Labute approximate surface area is 133 Å². The number of ether oxygens (including phenoxy) is 1. The maximum atomic E-state index is 12.1. The summed E-state index contributed by atoms with van der Waals surface area (Å²) < 4.78 is 7.59. The van der Waals surface area contributed by atoms with Crippen molar-refractivity contribution in [3.05, 3.63) is 48.3 Å². The monoisotopic (exact) mass is 308 g/mol. The third-order valence-corrected chi connectivity index (χ3v) is 4.06. The molecule has 0 fully saturated rings. The van der Waals surface area contributed by atoms with Gasteiger partial charge in [-0.05, 0) is 23.8 Å². The molecule has 4 rings (SSSR count). The quantitative estimate of drug-likeness (QED) is 0.808. The molecule has 0 unspecified atom stereocenters. The zero-order valence-electron chi connectivity index (χ0n) is 12.7. The summed E-state index contributed by atoms with van der Waals surface area (Å²) in [4.78, 5) is 16.2. The molecule has 1 N–H and O–H groups in total. The number of nitrogens with zero attached hydrogens (tertiary/aromatic N) is 3. The molecule has 0 aliphatic carbocycles. The van der Waals surface area contributed by atoms with E-state index in [2.05, 4.69) is 27.5 Å². The number of aromatic nitrogens is 3. The SMILES string of the molecule is CCOc1ccc2ccccc2c1[C@@H]1CC(=O)Nc2ncnn21. The Bertz CT molecular complexity index is 887. The fourth-order valence-corrected chi connectivity index (χ4v) is 3.13. The van der Waals surface area contributed by atoms with Crippen LogP contribution in [0.1, 0.15) is 24.9 Å². The van der Waals surface area contributed by atoms with E-state index in [0.717, 1.165) is 22.1 Å². The Hall–Kier alpha value is -2.89. The Balaban J connectivity index is 1.98. The Morgan fingerprint density at radius 1 is 1.30 bits per heavy atom. The lowest BCUT2D eigenvalue weighted by Gasteiger charge is -2.26. The van der Waals surface area contributed by atoms with Gasteiger partial charge in [-0.15, -0.1) is 0 Å².